The second-order valence-corrected chi connectivity index (χ2v) is 11.4. The van der Waals surface area contributed by atoms with Crippen molar-refractivity contribution in [2.45, 2.75) is 30.6 Å². The summed E-state index contributed by atoms with van der Waals surface area (Å²) < 4.78 is 20.0. The molecule has 0 fully saturated rings. The Morgan fingerprint density at radius 2 is 2.33 bits per heavy atom. The lowest BCUT2D eigenvalue weighted by Gasteiger charge is -2.13. The molecule has 0 saturated carbocycles. The number of hydrogen-bond acceptors (Lipinski definition) is 6. The zero-order chi connectivity index (χ0) is 14.0. The van der Waals surface area contributed by atoms with E-state index in [0.29, 0.717) is 9.22 Å². The second kappa shape index (κ2) is 6.40. The summed E-state index contributed by atoms with van der Waals surface area (Å²) in [6.07, 6.45) is 1.55. The van der Waals surface area contributed by atoms with Crippen molar-refractivity contribution in [2.75, 3.05) is 7.05 Å². The first-order chi connectivity index (χ1) is 8.19. The molecule has 0 saturated heterocycles. The number of rotatable bonds is 5. The number of halogens is 1. The molecule has 1 aromatic heterocycles. The molecule has 18 heavy (non-hydrogen) atoms. The fourth-order valence-corrected chi connectivity index (χ4v) is 5.56. The van der Waals surface area contributed by atoms with E-state index in [0.717, 1.165) is 0 Å². The summed E-state index contributed by atoms with van der Waals surface area (Å²) in [4.78, 5) is 4.78. The van der Waals surface area contributed by atoms with E-state index < -0.39 is 15.5 Å². The Labute approximate surface area is 130 Å². The number of thiazole rings is 1. The molecule has 1 rings (SSSR count). The lowest BCUT2D eigenvalue weighted by molar-refractivity contribution is 0.0823. The summed E-state index contributed by atoms with van der Waals surface area (Å²) in [7, 11) is -1.12. The van der Waals surface area contributed by atoms with Gasteiger partial charge in [-0.15, -0.1) is 33.7 Å². The average molecular weight is 419 g/mol. The Kier molecular flexibility index (Phi) is 5.93. The van der Waals surface area contributed by atoms with E-state index in [1.54, 1.807) is 27.1 Å². The quantitative estimate of drug-likeness (QED) is 0.437. The van der Waals surface area contributed by atoms with Crippen LogP contribution in [0.5, 0.6) is 0 Å². The summed E-state index contributed by atoms with van der Waals surface area (Å²) in [6, 6.07) is 0. The van der Waals surface area contributed by atoms with E-state index in [4.69, 9.17) is 0 Å². The molecule has 0 aliphatic rings. The molecule has 0 aromatic carbocycles. The fourth-order valence-electron chi connectivity index (χ4n) is 0.945. The van der Waals surface area contributed by atoms with Crippen LogP contribution in [0.1, 0.15) is 18.7 Å². The minimum atomic E-state index is -2.71. The van der Waals surface area contributed by atoms with Gasteiger partial charge in [0.15, 0.2) is 9.92 Å². The van der Waals surface area contributed by atoms with Gasteiger partial charge in [0.2, 0.25) is 4.34 Å². The predicted octanol–water partition coefficient (Wildman–Crippen LogP) is 2.53. The first-order valence-corrected chi connectivity index (χ1v) is 9.54. The second-order valence-electron chi connectivity index (χ2n) is 4.00. The van der Waals surface area contributed by atoms with Gasteiger partial charge < -0.3 is 5.11 Å². The zero-order valence-electron chi connectivity index (χ0n) is 10.5. The van der Waals surface area contributed by atoms with Crippen LogP contribution < -0.4 is 4.72 Å². The summed E-state index contributed by atoms with van der Waals surface area (Å²) in [5, 5.41) is 9.88. The molecule has 1 atom stereocenters. The first kappa shape index (κ1) is 16.7. The lowest BCUT2D eigenvalue weighted by atomic mass is 10.1. The highest BCUT2D eigenvalue weighted by molar-refractivity contribution is 14.1. The van der Waals surface area contributed by atoms with Gasteiger partial charge in [-0.25, -0.2) is 13.9 Å². The molecular weight excluding hydrogens is 404 g/mol. The van der Waals surface area contributed by atoms with Gasteiger partial charge in [-0.3, -0.25) is 0 Å². The van der Waals surface area contributed by atoms with E-state index in [2.05, 4.69) is 35.8 Å². The van der Waals surface area contributed by atoms with E-state index in [1.807, 2.05) is 6.82 Å². The van der Waals surface area contributed by atoms with Crippen LogP contribution in [0.4, 0.5) is 0 Å². The molecule has 1 aromatic rings. The zero-order valence-corrected chi connectivity index (χ0v) is 15.1. The van der Waals surface area contributed by atoms with Crippen molar-refractivity contribution in [1.29, 1.82) is 0 Å². The standard InChI is InChI=1S/C8H15BIN3O2S3/c1-8(2,14)6-5-12-7(16-6)18(15,11-4)13-17-9(3)10/h5,14H,1-4H3,(H,11,13,15). The molecule has 0 radical (unpaired) electrons. The number of aliphatic hydroxyl groups is 1. The van der Waals surface area contributed by atoms with Crippen LogP contribution in [0.25, 0.3) is 0 Å². The minimum absolute atomic E-state index is 0.227. The molecule has 1 heterocycles. The molecular formula is C8H15BIN3O2S3. The Morgan fingerprint density at radius 3 is 2.72 bits per heavy atom. The third kappa shape index (κ3) is 4.34. The Hall–Kier alpha value is 0.645. The normalized spacial score (nSPS) is 15.2. The van der Waals surface area contributed by atoms with Gasteiger partial charge >= 0.3 is 3.85 Å². The van der Waals surface area contributed by atoms with Gasteiger partial charge in [-0.05, 0) is 20.9 Å². The lowest BCUT2D eigenvalue weighted by Crippen LogP contribution is -2.18. The number of hydrogen-bond donors (Lipinski definition) is 2. The van der Waals surface area contributed by atoms with Crippen molar-refractivity contribution >= 4 is 59.3 Å². The molecule has 10 heteroatoms. The number of aromatic nitrogens is 1. The molecule has 102 valence electrons. The van der Waals surface area contributed by atoms with Gasteiger partial charge in [0.1, 0.15) is 0 Å². The van der Waals surface area contributed by atoms with Gasteiger partial charge in [0.25, 0.3) is 0 Å². The van der Waals surface area contributed by atoms with Crippen LogP contribution >= 0.6 is 45.5 Å². The SMILES string of the molecule is CNS(=O)(=NSB(C)I)c1ncc(C(C)(C)O)s1. The molecule has 0 spiro atoms. The van der Waals surface area contributed by atoms with Crippen LogP contribution in [0.15, 0.2) is 14.3 Å². The van der Waals surface area contributed by atoms with E-state index >= 15 is 0 Å². The van der Waals surface area contributed by atoms with Crippen LogP contribution in [0.3, 0.4) is 0 Å². The average Bonchev–Trinajstić information content (AvgIpc) is 2.75. The van der Waals surface area contributed by atoms with Crippen molar-refractivity contribution in [1.82, 2.24) is 9.71 Å². The Morgan fingerprint density at radius 1 is 1.72 bits per heavy atom. The molecule has 0 amide bonds. The summed E-state index contributed by atoms with van der Waals surface area (Å²) in [6.45, 7) is 5.31. The van der Waals surface area contributed by atoms with Crippen LogP contribution in [-0.4, -0.2) is 25.2 Å². The number of nitrogens with one attached hydrogen (secondary N) is 1. The monoisotopic (exact) mass is 419 g/mol. The van der Waals surface area contributed by atoms with E-state index in [-0.39, 0.29) is 3.85 Å². The largest absolute Gasteiger partial charge is 0.385 e. The van der Waals surface area contributed by atoms with Crippen LogP contribution in [-0.2, 0) is 15.5 Å². The van der Waals surface area contributed by atoms with Gasteiger partial charge in [0, 0.05) is 6.20 Å². The topological polar surface area (TPSA) is 74.6 Å². The van der Waals surface area contributed by atoms with Crippen molar-refractivity contribution in [3.05, 3.63) is 11.1 Å². The summed E-state index contributed by atoms with van der Waals surface area (Å²) >= 11 is 4.66. The maximum absolute atomic E-state index is 12.6. The Bertz CT molecular complexity index is 520. The number of nitrogens with zero attached hydrogens (tertiary/aromatic N) is 2. The van der Waals surface area contributed by atoms with Crippen molar-refractivity contribution in [3.63, 3.8) is 0 Å². The minimum Gasteiger partial charge on any atom is -0.385 e. The van der Waals surface area contributed by atoms with Crippen molar-refractivity contribution < 1.29 is 9.32 Å². The molecule has 2 N–H and O–H groups in total. The van der Waals surface area contributed by atoms with Crippen molar-refractivity contribution in [3.8, 4) is 0 Å². The highest BCUT2D eigenvalue weighted by Gasteiger charge is 2.23. The van der Waals surface area contributed by atoms with Crippen LogP contribution in [0, 0.1) is 0 Å². The fraction of sp³-hybridized carbons (Fsp3) is 0.625. The predicted molar refractivity (Wildman–Crippen MR) is 88.5 cm³/mol. The van der Waals surface area contributed by atoms with Gasteiger partial charge in [-0.2, -0.15) is 3.77 Å². The van der Waals surface area contributed by atoms with E-state index in [1.165, 1.54) is 23.1 Å². The van der Waals surface area contributed by atoms with E-state index in [9.17, 15) is 9.32 Å². The maximum Gasteiger partial charge on any atom is 0.308 e. The molecule has 0 aliphatic heterocycles. The molecule has 0 bridgehead atoms. The third-order valence-corrected chi connectivity index (χ3v) is 7.22. The maximum atomic E-state index is 12.6. The third-order valence-electron chi connectivity index (χ3n) is 1.89. The van der Waals surface area contributed by atoms with Crippen LogP contribution in [0.2, 0.25) is 6.82 Å². The summed E-state index contributed by atoms with van der Waals surface area (Å²) in [5.74, 6) is 0. The highest BCUT2D eigenvalue weighted by Crippen LogP contribution is 2.29. The van der Waals surface area contributed by atoms with Gasteiger partial charge in [0.05, 0.1) is 10.5 Å². The molecule has 0 aliphatic carbocycles. The Balaban J connectivity index is 3.14. The first-order valence-electron chi connectivity index (χ1n) is 5.12. The van der Waals surface area contributed by atoms with Crippen molar-refractivity contribution in [2.24, 2.45) is 3.77 Å². The summed E-state index contributed by atoms with van der Waals surface area (Å²) in [5.41, 5.74) is -0.978. The molecule has 1 unspecified atom stereocenters. The molecule has 5 nitrogen and oxygen atoms in total. The highest BCUT2D eigenvalue weighted by atomic mass is 127. The smallest absolute Gasteiger partial charge is 0.308 e. The van der Waals surface area contributed by atoms with Gasteiger partial charge in [-0.1, -0.05) is 18.6 Å².